The molecule has 2 aromatic heterocycles. The minimum absolute atomic E-state index is 0.0183. The van der Waals surface area contributed by atoms with E-state index in [2.05, 4.69) is 20.4 Å². The maximum absolute atomic E-state index is 11.5. The van der Waals surface area contributed by atoms with Crippen molar-refractivity contribution in [2.24, 2.45) is 12.2 Å². The summed E-state index contributed by atoms with van der Waals surface area (Å²) in [6.45, 7) is 0. The fraction of sp³-hybridized carbons (Fsp3) is 0.0625. The van der Waals surface area contributed by atoms with Crippen LogP contribution in [0, 0.1) is 0 Å². The molecule has 0 fully saturated rings. The molecular weight excluding hydrogens is 368 g/mol. The van der Waals surface area contributed by atoms with E-state index in [9.17, 15) is 8.42 Å². The Balaban J connectivity index is 1.71. The van der Waals surface area contributed by atoms with Crippen molar-refractivity contribution >= 4 is 38.6 Å². The number of hydrogen-bond acceptors (Lipinski definition) is 7. The van der Waals surface area contributed by atoms with Gasteiger partial charge in [-0.2, -0.15) is 9.67 Å². The van der Waals surface area contributed by atoms with Crippen molar-refractivity contribution in [2.45, 2.75) is 4.90 Å². The van der Waals surface area contributed by atoms with Crippen LogP contribution in [0.4, 0.5) is 17.6 Å². The molecule has 0 saturated carbocycles. The first kappa shape index (κ1) is 17.0. The molecule has 0 saturated heterocycles. The molecule has 0 aliphatic heterocycles. The minimum atomic E-state index is -3.81. The number of aryl methyl sites for hydroxylation is 1. The number of para-hydroxylation sites is 2. The second-order valence-corrected chi connectivity index (χ2v) is 7.42. The molecule has 0 aliphatic carbocycles. The predicted octanol–water partition coefficient (Wildman–Crippen LogP) is 1.13. The number of anilines is 3. The minimum Gasteiger partial charge on any atom is -0.368 e. The van der Waals surface area contributed by atoms with Gasteiger partial charge in [0.05, 0.1) is 15.9 Å². The van der Waals surface area contributed by atoms with Gasteiger partial charge in [-0.3, -0.25) is 0 Å². The van der Waals surface area contributed by atoms with Gasteiger partial charge in [-0.1, -0.05) is 18.2 Å². The number of hydrogen-bond donors (Lipinski definition) is 3. The normalized spacial score (nSPS) is 11.8. The Morgan fingerprint density at radius 1 is 1.07 bits per heavy atom. The van der Waals surface area contributed by atoms with Crippen LogP contribution in [0.5, 0.6) is 0 Å². The van der Waals surface area contributed by atoms with Crippen molar-refractivity contribution < 1.29 is 8.42 Å². The van der Waals surface area contributed by atoms with Crippen molar-refractivity contribution in [3.05, 3.63) is 48.5 Å². The van der Waals surface area contributed by atoms with Gasteiger partial charge in [-0.05, 0) is 30.3 Å². The zero-order valence-corrected chi connectivity index (χ0v) is 15.1. The van der Waals surface area contributed by atoms with E-state index in [-0.39, 0.29) is 16.8 Å². The fourth-order valence-electron chi connectivity index (χ4n) is 2.73. The van der Waals surface area contributed by atoms with Crippen LogP contribution in [0.3, 0.4) is 0 Å². The van der Waals surface area contributed by atoms with Crippen LogP contribution in [0.25, 0.3) is 17.0 Å². The van der Waals surface area contributed by atoms with Crippen molar-refractivity contribution in [3.63, 3.8) is 0 Å². The molecule has 2 aromatic carbocycles. The smallest absolute Gasteiger partial charge is 0.248 e. The topological polar surface area (TPSA) is 147 Å². The molecule has 0 amide bonds. The number of primary sulfonamides is 1. The third-order valence-electron chi connectivity index (χ3n) is 4.00. The van der Waals surface area contributed by atoms with Crippen LogP contribution < -0.4 is 16.2 Å². The first-order chi connectivity index (χ1) is 12.8. The van der Waals surface area contributed by atoms with Crippen LogP contribution in [0.15, 0.2) is 53.4 Å². The third kappa shape index (κ3) is 3.09. The molecule has 0 unspecified atom stereocenters. The number of nitrogens with zero attached hydrogens (tertiary/aromatic N) is 5. The lowest BCUT2D eigenvalue weighted by Crippen LogP contribution is -2.12. The Morgan fingerprint density at radius 3 is 2.59 bits per heavy atom. The van der Waals surface area contributed by atoms with E-state index >= 15 is 0 Å². The van der Waals surface area contributed by atoms with Crippen LogP contribution in [-0.2, 0) is 17.1 Å². The highest BCUT2D eigenvalue weighted by molar-refractivity contribution is 7.89. The standard InChI is InChI=1S/C16H16N8O2S/c1-23-13-8-3-2-7-12(13)20-16(23)24-14(17)21-15(22-24)19-10-5-4-6-11(9-10)27(18,25)26/h2-9H,1H3,(H2,18,25,26)(H3,17,19,21,22). The highest BCUT2D eigenvalue weighted by Crippen LogP contribution is 2.22. The van der Waals surface area contributed by atoms with Gasteiger partial charge in [0.25, 0.3) is 0 Å². The second kappa shape index (κ2) is 6.07. The number of benzene rings is 2. The van der Waals surface area contributed by atoms with Crippen LogP contribution >= 0.6 is 0 Å². The lowest BCUT2D eigenvalue weighted by molar-refractivity contribution is 0.598. The van der Waals surface area contributed by atoms with Gasteiger partial charge in [-0.25, -0.2) is 18.5 Å². The fourth-order valence-corrected chi connectivity index (χ4v) is 3.29. The number of fused-ring (bicyclic) bond motifs is 1. The van der Waals surface area contributed by atoms with Gasteiger partial charge < -0.3 is 15.6 Å². The lowest BCUT2D eigenvalue weighted by atomic mass is 10.3. The molecule has 138 valence electrons. The van der Waals surface area contributed by atoms with Gasteiger partial charge in [-0.15, -0.1) is 5.10 Å². The second-order valence-electron chi connectivity index (χ2n) is 5.86. The number of sulfonamides is 1. The van der Waals surface area contributed by atoms with E-state index in [0.717, 1.165) is 11.0 Å². The molecule has 2 heterocycles. The number of nitrogen functional groups attached to an aromatic ring is 1. The summed E-state index contributed by atoms with van der Waals surface area (Å²) >= 11 is 0. The first-order valence-electron chi connectivity index (χ1n) is 7.87. The maximum Gasteiger partial charge on any atom is 0.248 e. The SMILES string of the molecule is Cn1c(-n2nc(Nc3cccc(S(N)(=O)=O)c3)nc2N)nc2ccccc21. The molecule has 0 atom stereocenters. The highest BCUT2D eigenvalue weighted by Gasteiger charge is 2.16. The number of rotatable bonds is 4. The lowest BCUT2D eigenvalue weighted by Gasteiger charge is -2.04. The predicted molar refractivity (Wildman–Crippen MR) is 101 cm³/mol. The summed E-state index contributed by atoms with van der Waals surface area (Å²) in [5.41, 5.74) is 8.19. The van der Waals surface area contributed by atoms with Gasteiger partial charge in [0.2, 0.25) is 27.9 Å². The molecule has 10 nitrogen and oxygen atoms in total. The Hall–Kier alpha value is -3.44. The summed E-state index contributed by atoms with van der Waals surface area (Å²) in [6, 6.07) is 13.7. The molecule has 27 heavy (non-hydrogen) atoms. The molecule has 0 aliphatic rings. The Labute approximate surface area is 154 Å². The first-order valence-corrected chi connectivity index (χ1v) is 9.42. The Kier molecular flexibility index (Phi) is 3.82. The van der Waals surface area contributed by atoms with Crippen molar-refractivity contribution in [3.8, 4) is 5.95 Å². The van der Waals surface area contributed by atoms with Gasteiger partial charge in [0.1, 0.15) is 0 Å². The summed E-state index contributed by atoms with van der Waals surface area (Å²) in [4.78, 5) is 8.68. The average Bonchev–Trinajstić information content (AvgIpc) is 3.14. The van der Waals surface area contributed by atoms with Crippen molar-refractivity contribution in [1.82, 2.24) is 24.3 Å². The summed E-state index contributed by atoms with van der Waals surface area (Å²) < 4.78 is 26.2. The van der Waals surface area contributed by atoms with Crippen molar-refractivity contribution in [2.75, 3.05) is 11.1 Å². The summed E-state index contributed by atoms with van der Waals surface area (Å²) in [6.07, 6.45) is 0. The molecule has 0 spiro atoms. The van der Waals surface area contributed by atoms with E-state index in [1.165, 1.54) is 16.8 Å². The molecule has 0 bridgehead atoms. The van der Waals surface area contributed by atoms with E-state index < -0.39 is 10.0 Å². The molecular formula is C16H16N8O2S. The largest absolute Gasteiger partial charge is 0.368 e. The average molecular weight is 384 g/mol. The van der Waals surface area contributed by atoms with Crippen molar-refractivity contribution in [1.29, 1.82) is 0 Å². The molecule has 4 rings (SSSR count). The van der Waals surface area contributed by atoms with E-state index in [1.807, 2.05) is 35.9 Å². The Morgan fingerprint density at radius 2 is 1.85 bits per heavy atom. The van der Waals surface area contributed by atoms with E-state index in [1.54, 1.807) is 12.1 Å². The third-order valence-corrected chi connectivity index (χ3v) is 4.91. The van der Waals surface area contributed by atoms with Crippen LogP contribution in [-0.4, -0.2) is 32.7 Å². The Bertz CT molecular complexity index is 1260. The molecule has 0 radical (unpaired) electrons. The maximum atomic E-state index is 11.5. The zero-order valence-electron chi connectivity index (χ0n) is 14.2. The highest BCUT2D eigenvalue weighted by atomic mass is 32.2. The van der Waals surface area contributed by atoms with Gasteiger partial charge in [0, 0.05) is 12.7 Å². The zero-order chi connectivity index (χ0) is 19.2. The molecule has 4 aromatic rings. The van der Waals surface area contributed by atoms with Crippen LogP contribution in [0.2, 0.25) is 0 Å². The molecule has 5 N–H and O–H groups in total. The number of imidazole rings is 1. The monoisotopic (exact) mass is 384 g/mol. The summed E-state index contributed by atoms with van der Waals surface area (Å²) in [5, 5.41) is 12.4. The van der Waals surface area contributed by atoms with Gasteiger partial charge >= 0.3 is 0 Å². The van der Waals surface area contributed by atoms with Gasteiger partial charge in [0.15, 0.2) is 0 Å². The number of nitrogens with one attached hydrogen (secondary N) is 1. The summed E-state index contributed by atoms with van der Waals surface area (Å²) in [7, 11) is -1.95. The number of aromatic nitrogens is 5. The van der Waals surface area contributed by atoms with E-state index in [4.69, 9.17) is 10.9 Å². The number of nitrogens with two attached hydrogens (primary N) is 2. The van der Waals surface area contributed by atoms with Crippen LogP contribution in [0.1, 0.15) is 0 Å². The quantitative estimate of drug-likeness (QED) is 0.478. The molecule has 11 heteroatoms. The van der Waals surface area contributed by atoms with E-state index in [0.29, 0.717) is 11.6 Å². The summed E-state index contributed by atoms with van der Waals surface area (Å²) in [5.74, 6) is 0.845.